The Bertz CT molecular complexity index is 938. The molecule has 0 aliphatic heterocycles. The van der Waals surface area contributed by atoms with Gasteiger partial charge in [0.15, 0.2) is 11.5 Å². The lowest BCUT2D eigenvalue weighted by Crippen LogP contribution is -1.91. The van der Waals surface area contributed by atoms with Gasteiger partial charge in [-0.25, -0.2) is 14.5 Å². The SMILES string of the molecule is Cn1cc(-c2nc3c4ccc(Br)cc4ncn3n2)cn1. The molecule has 0 radical (unpaired) electrons. The molecule has 3 heterocycles. The predicted molar refractivity (Wildman–Crippen MR) is 78.2 cm³/mol. The molecule has 0 aliphatic carbocycles. The van der Waals surface area contributed by atoms with Gasteiger partial charge in [-0.05, 0) is 18.2 Å². The Morgan fingerprint density at radius 1 is 1.25 bits per heavy atom. The van der Waals surface area contributed by atoms with Crippen LogP contribution in [0.25, 0.3) is 27.9 Å². The van der Waals surface area contributed by atoms with Gasteiger partial charge in [-0.3, -0.25) is 4.68 Å². The molecule has 0 atom stereocenters. The van der Waals surface area contributed by atoms with E-state index in [1.165, 1.54) is 0 Å². The van der Waals surface area contributed by atoms with E-state index < -0.39 is 0 Å². The van der Waals surface area contributed by atoms with E-state index >= 15 is 0 Å². The molecular weight excluding hydrogens is 320 g/mol. The number of rotatable bonds is 1. The molecule has 0 saturated heterocycles. The Morgan fingerprint density at radius 2 is 2.15 bits per heavy atom. The van der Waals surface area contributed by atoms with Crippen LogP contribution in [-0.2, 0) is 7.05 Å². The quantitative estimate of drug-likeness (QED) is 0.538. The van der Waals surface area contributed by atoms with Crippen molar-refractivity contribution in [1.29, 1.82) is 0 Å². The summed E-state index contributed by atoms with van der Waals surface area (Å²) in [5.41, 5.74) is 2.57. The van der Waals surface area contributed by atoms with Crippen molar-refractivity contribution in [2.45, 2.75) is 0 Å². The third-order valence-electron chi connectivity index (χ3n) is 3.10. The first-order valence-electron chi connectivity index (χ1n) is 6.00. The summed E-state index contributed by atoms with van der Waals surface area (Å²) in [5, 5.41) is 9.56. The number of aromatic nitrogens is 6. The van der Waals surface area contributed by atoms with Crippen molar-refractivity contribution in [3.8, 4) is 11.4 Å². The fourth-order valence-corrected chi connectivity index (χ4v) is 2.51. The number of aryl methyl sites for hydroxylation is 1. The van der Waals surface area contributed by atoms with Crippen LogP contribution in [0.2, 0.25) is 0 Å². The fourth-order valence-electron chi connectivity index (χ4n) is 2.16. The van der Waals surface area contributed by atoms with Gasteiger partial charge in [0.05, 0.1) is 17.3 Å². The molecule has 0 amide bonds. The Hall–Kier alpha value is -2.28. The monoisotopic (exact) mass is 328 g/mol. The van der Waals surface area contributed by atoms with E-state index in [1.54, 1.807) is 21.7 Å². The minimum absolute atomic E-state index is 0.648. The van der Waals surface area contributed by atoms with Gasteiger partial charge in [0.1, 0.15) is 6.33 Å². The van der Waals surface area contributed by atoms with Gasteiger partial charge in [-0.2, -0.15) is 5.10 Å². The van der Waals surface area contributed by atoms with E-state index in [9.17, 15) is 0 Å². The van der Waals surface area contributed by atoms with Gasteiger partial charge in [0.2, 0.25) is 0 Å². The van der Waals surface area contributed by atoms with Crippen LogP contribution in [-0.4, -0.2) is 29.4 Å². The van der Waals surface area contributed by atoms with E-state index in [0.29, 0.717) is 5.82 Å². The molecule has 1 aromatic carbocycles. The molecule has 0 spiro atoms. The maximum atomic E-state index is 4.60. The van der Waals surface area contributed by atoms with Crippen molar-refractivity contribution >= 4 is 32.5 Å². The van der Waals surface area contributed by atoms with Crippen LogP contribution in [0.3, 0.4) is 0 Å². The lowest BCUT2D eigenvalue weighted by Gasteiger charge is -1.98. The average Bonchev–Trinajstić information content (AvgIpc) is 3.03. The van der Waals surface area contributed by atoms with E-state index in [2.05, 4.69) is 36.1 Å². The van der Waals surface area contributed by atoms with Crippen LogP contribution in [0.15, 0.2) is 41.4 Å². The second-order valence-electron chi connectivity index (χ2n) is 4.51. The largest absolute Gasteiger partial charge is 0.275 e. The lowest BCUT2D eigenvalue weighted by atomic mass is 10.2. The number of hydrogen-bond donors (Lipinski definition) is 0. The molecule has 6 nitrogen and oxygen atoms in total. The fraction of sp³-hybridized carbons (Fsp3) is 0.0769. The second-order valence-corrected chi connectivity index (χ2v) is 5.43. The van der Waals surface area contributed by atoms with Crippen LogP contribution in [0.4, 0.5) is 0 Å². The normalized spacial score (nSPS) is 11.5. The zero-order valence-corrected chi connectivity index (χ0v) is 12.1. The molecule has 4 aromatic rings. The first kappa shape index (κ1) is 11.5. The van der Waals surface area contributed by atoms with Crippen molar-refractivity contribution in [3.05, 3.63) is 41.4 Å². The highest BCUT2D eigenvalue weighted by atomic mass is 79.9. The minimum Gasteiger partial charge on any atom is -0.275 e. The molecule has 0 aliphatic rings. The highest BCUT2D eigenvalue weighted by Crippen LogP contribution is 2.23. The van der Waals surface area contributed by atoms with Gasteiger partial charge >= 0.3 is 0 Å². The molecule has 4 rings (SSSR count). The van der Waals surface area contributed by atoms with Gasteiger partial charge in [-0.1, -0.05) is 15.9 Å². The number of halogens is 1. The Labute approximate surface area is 122 Å². The van der Waals surface area contributed by atoms with E-state index in [1.807, 2.05) is 31.4 Å². The average molecular weight is 329 g/mol. The third kappa shape index (κ3) is 1.70. The first-order valence-corrected chi connectivity index (χ1v) is 6.80. The molecule has 98 valence electrons. The van der Waals surface area contributed by atoms with Crippen molar-refractivity contribution in [2.75, 3.05) is 0 Å². The zero-order chi connectivity index (χ0) is 13.7. The molecule has 0 N–H and O–H groups in total. The molecular formula is C13H9BrN6. The summed E-state index contributed by atoms with van der Waals surface area (Å²) < 4.78 is 4.42. The van der Waals surface area contributed by atoms with Gasteiger partial charge in [0.25, 0.3) is 0 Å². The molecule has 0 saturated carbocycles. The summed E-state index contributed by atoms with van der Waals surface area (Å²) >= 11 is 3.45. The number of nitrogens with zero attached hydrogens (tertiary/aromatic N) is 6. The third-order valence-corrected chi connectivity index (χ3v) is 3.59. The lowest BCUT2D eigenvalue weighted by molar-refractivity contribution is 0.768. The second kappa shape index (κ2) is 4.11. The summed E-state index contributed by atoms with van der Waals surface area (Å²) in [6.45, 7) is 0. The van der Waals surface area contributed by atoms with Gasteiger partial charge in [0, 0.05) is 23.1 Å². The maximum absolute atomic E-state index is 4.60. The molecule has 0 fully saturated rings. The molecule has 0 bridgehead atoms. The number of fused-ring (bicyclic) bond motifs is 3. The van der Waals surface area contributed by atoms with E-state index in [-0.39, 0.29) is 0 Å². The van der Waals surface area contributed by atoms with E-state index in [0.717, 1.165) is 26.6 Å². The van der Waals surface area contributed by atoms with Crippen LogP contribution >= 0.6 is 15.9 Å². The smallest absolute Gasteiger partial charge is 0.185 e. The van der Waals surface area contributed by atoms with E-state index in [4.69, 9.17) is 0 Å². The molecule has 7 heteroatoms. The van der Waals surface area contributed by atoms with Crippen molar-refractivity contribution in [2.24, 2.45) is 7.05 Å². The predicted octanol–water partition coefficient (Wildman–Crippen LogP) is 2.44. The first-order chi connectivity index (χ1) is 9.70. The van der Waals surface area contributed by atoms with Crippen molar-refractivity contribution in [1.82, 2.24) is 29.4 Å². The van der Waals surface area contributed by atoms with Gasteiger partial charge < -0.3 is 0 Å². The highest BCUT2D eigenvalue weighted by Gasteiger charge is 2.11. The minimum atomic E-state index is 0.648. The number of hydrogen-bond acceptors (Lipinski definition) is 4. The van der Waals surface area contributed by atoms with Crippen molar-refractivity contribution < 1.29 is 0 Å². The summed E-state index contributed by atoms with van der Waals surface area (Å²) in [7, 11) is 1.87. The highest BCUT2D eigenvalue weighted by molar-refractivity contribution is 9.10. The Morgan fingerprint density at radius 3 is 2.95 bits per heavy atom. The summed E-state index contributed by atoms with van der Waals surface area (Å²) in [6, 6.07) is 5.93. The number of benzene rings is 1. The molecule has 3 aromatic heterocycles. The summed E-state index contributed by atoms with van der Waals surface area (Å²) in [4.78, 5) is 8.99. The standard InChI is InChI=1S/C13H9BrN6/c1-19-6-8(5-16-19)12-17-13-10-3-2-9(14)4-11(10)15-7-20(13)18-12/h2-7H,1H3. The molecule has 0 unspecified atom stereocenters. The summed E-state index contributed by atoms with van der Waals surface area (Å²) in [6.07, 6.45) is 5.32. The van der Waals surface area contributed by atoms with Crippen molar-refractivity contribution in [3.63, 3.8) is 0 Å². The van der Waals surface area contributed by atoms with Crippen LogP contribution < -0.4 is 0 Å². The van der Waals surface area contributed by atoms with Gasteiger partial charge in [-0.15, -0.1) is 5.10 Å². The van der Waals surface area contributed by atoms with Crippen LogP contribution in [0.1, 0.15) is 0 Å². The topological polar surface area (TPSA) is 60.9 Å². The zero-order valence-electron chi connectivity index (χ0n) is 10.5. The maximum Gasteiger partial charge on any atom is 0.185 e. The van der Waals surface area contributed by atoms with Crippen LogP contribution in [0.5, 0.6) is 0 Å². The summed E-state index contributed by atoms with van der Waals surface area (Å²) in [5.74, 6) is 0.648. The Balaban J connectivity index is 2.01. The molecule has 20 heavy (non-hydrogen) atoms. The van der Waals surface area contributed by atoms with Crippen LogP contribution in [0, 0.1) is 0 Å². The Kier molecular flexibility index (Phi) is 2.37.